The number of anilines is 1. The highest BCUT2D eigenvalue weighted by Crippen LogP contribution is 2.09. The summed E-state index contributed by atoms with van der Waals surface area (Å²) in [6, 6.07) is 7.28. The lowest BCUT2D eigenvalue weighted by atomic mass is 10.2. The number of nitrogens with one attached hydrogen (secondary N) is 1. The Balaban J connectivity index is 2.65. The normalized spacial score (nSPS) is 9.89. The summed E-state index contributed by atoms with van der Waals surface area (Å²) in [6.45, 7) is 0.429. The molecular formula is C15H17N2O+. The Morgan fingerprint density at radius 1 is 1.28 bits per heavy atom. The SMILES string of the molecule is C#CC#Cc1ccc(NC(=O)C[N+](C)(C)C)cc1. The molecule has 3 heteroatoms. The van der Waals surface area contributed by atoms with Gasteiger partial charge in [0.25, 0.3) is 5.91 Å². The van der Waals surface area contributed by atoms with Gasteiger partial charge in [0, 0.05) is 11.3 Å². The van der Waals surface area contributed by atoms with E-state index in [9.17, 15) is 4.79 Å². The fourth-order valence-electron chi connectivity index (χ4n) is 1.38. The molecule has 18 heavy (non-hydrogen) atoms. The third kappa shape index (κ3) is 5.21. The van der Waals surface area contributed by atoms with E-state index in [2.05, 4.69) is 23.1 Å². The predicted octanol–water partition coefficient (Wildman–Crippen LogP) is 1.32. The van der Waals surface area contributed by atoms with E-state index < -0.39 is 0 Å². The smallest absolute Gasteiger partial charge is 0.279 e. The van der Waals surface area contributed by atoms with E-state index in [1.54, 1.807) is 0 Å². The van der Waals surface area contributed by atoms with Gasteiger partial charge in [-0.25, -0.2) is 0 Å². The van der Waals surface area contributed by atoms with Gasteiger partial charge in [-0.05, 0) is 36.1 Å². The first-order valence-corrected chi connectivity index (χ1v) is 5.58. The third-order valence-electron chi connectivity index (χ3n) is 2.07. The summed E-state index contributed by atoms with van der Waals surface area (Å²) in [7, 11) is 5.91. The monoisotopic (exact) mass is 241 g/mol. The molecule has 0 saturated heterocycles. The Morgan fingerprint density at radius 2 is 1.89 bits per heavy atom. The van der Waals surface area contributed by atoms with Gasteiger partial charge in [0.05, 0.1) is 21.1 Å². The maximum absolute atomic E-state index is 11.7. The van der Waals surface area contributed by atoms with Crippen molar-refractivity contribution >= 4 is 11.6 Å². The van der Waals surface area contributed by atoms with Crippen molar-refractivity contribution in [2.45, 2.75) is 0 Å². The second-order valence-corrected chi connectivity index (χ2v) is 4.97. The van der Waals surface area contributed by atoms with Crippen molar-refractivity contribution in [3.05, 3.63) is 29.8 Å². The molecular weight excluding hydrogens is 224 g/mol. The van der Waals surface area contributed by atoms with E-state index in [-0.39, 0.29) is 5.91 Å². The number of terminal acetylenes is 1. The Bertz CT molecular complexity index is 519. The number of carbonyl (C=O) groups excluding carboxylic acids is 1. The highest BCUT2D eigenvalue weighted by molar-refractivity contribution is 5.91. The van der Waals surface area contributed by atoms with Crippen LogP contribution >= 0.6 is 0 Å². The van der Waals surface area contributed by atoms with Crippen molar-refractivity contribution in [3.8, 4) is 24.2 Å². The van der Waals surface area contributed by atoms with Gasteiger partial charge < -0.3 is 9.80 Å². The Labute approximate surface area is 108 Å². The zero-order valence-electron chi connectivity index (χ0n) is 10.9. The van der Waals surface area contributed by atoms with Crippen LogP contribution in [-0.4, -0.2) is 38.1 Å². The first kappa shape index (κ1) is 13.8. The summed E-state index contributed by atoms with van der Waals surface area (Å²) in [5, 5.41) is 2.84. The number of amides is 1. The molecule has 1 amide bonds. The summed E-state index contributed by atoms with van der Waals surface area (Å²) in [5.41, 5.74) is 1.59. The second-order valence-electron chi connectivity index (χ2n) is 4.97. The maximum Gasteiger partial charge on any atom is 0.279 e. The molecule has 1 rings (SSSR count). The van der Waals surface area contributed by atoms with Gasteiger partial charge in [-0.15, -0.1) is 6.42 Å². The van der Waals surface area contributed by atoms with Crippen LogP contribution in [-0.2, 0) is 4.79 Å². The number of carbonyl (C=O) groups is 1. The number of rotatable bonds is 3. The van der Waals surface area contributed by atoms with Gasteiger partial charge in [0.2, 0.25) is 0 Å². The van der Waals surface area contributed by atoms with Crippen LogP contribution in [0.1, 0.15) is 5.56 Å². The lowest BCUT2D eigenvalue weighted by Crippen LogP contribution is -2.41. The molecule has 0 spiro atoms. The molecule has 0 fully saturated rings. The van der Waals surface area contributed by atoms with E-state index in [0.29, 0.717) is 11.0 Å². The van der Waals surface area contributed by atoms with Gasteiger partial charge in [0.1, 0.15) is 0 Å². The summed E-state index contributed by atoms with van der Waals surface area (Å²) < 4.78 is 0.595. The van der Waals surface area contributed by atoms with Crippen molar-refractivity contribution in [3.63, 3.8) is 0 Å². The molecule has 0 radical (unpaired) electrons. The largest absolute Gasteiger partial charge is 0.323 e. The molecule has 0 unspecified atom stereocenters. The van der Waals surface area contributed by atoms with Crippen LogP contribution in [0.25, 0.3) is 0 Å². The summed E-state index contributed by atoms with van der Waals surface area (Å²) >= 11 is 0. The Kier molecular flexibility index (Phi) is 4.54. The summed E-state index contributed by atoms with van der Waals surface area (Å²) in [5.74, 6) is 7.60. The van der Waals surface area contributed by atoms with Crippen LogP contribution in [0.15, 0.2) is 24.3 Å². The zero-order chi connectivity index (χ0) is 13.6. The summed E-state index contributed by atoms with van der Waals surface area (Å²) in [4.78, 5) is 11.7. The molecule has 0 atom stereocenters. The molecule has 1 aromatic carbocycles. The number of nitrogens with zero attached hydrogens (tertiary/aromatic N) is 1. The Morgan fingerprint density at radius 3 is 2.39 bits per heavy atom. The second kappa shape index (κ2) is 5.91. The van der Waals surface area contributed by atoms with Crippen LogP contribution in [0.5, 0.6) is 0 Å². The van der Waals surface area contributed by atoms with Gasteiger partial charge in [0.15, 0.2) is 6.54 Å². The topological polar surface area (TPSA) is 29.1 Å². The Hall–Kier alpha value is -2.23. The number of likely N-dealkylation sites (N-methyl/N-ethyl adjacent to an activating group) is 1. The van der Waals surface area contributed by atoms with Crippen molar-refractivity contribution in [1.82, 2.24) is 0 Å². The van der Waals surface area contributed by atoms with Gasteiger partial charge in [-0.1, -0.05) is 5.92 Å². The zero-order valence-corrected chi connectivity index (χ0v) is 10.9. The highest BCUT2D eigenvalue weighted by atomic mass is 16.2. The minimum atomic E-state index is -0.00930. The van der Waals surface area contributed by atoms with Crippen LogP contribution in [0.2, 0.25) is 0 Å². The van der Waals surface area contributed by atoms with Crippen molar-refractivity contribution < 1.29 is 9.28 Å². The predicted molar refractivity (Wildman–Crippen MR) is 73.7 cm³/mol. The lowest BCUT2D eigenvalue weighted by molar-refractivity contribution is -0.861. The van der Waals surface area contributed by atoms with E-state index in [0.717, 1.165) is 11.3 Å². The maximum atomic E-state index is 11.7. The molecule has 0 aliphatic carbocycles. The number of hydrogen-bond acceptors (Lipinski definition) is 1. The minimum absolute atomic E-state index is 0.00930. The van der Waals surface area contributed by atoms with Gasteiger partial charge >= 0.3 is 0 Å². The number of benzene rings is 1. The van der Waals surface area contributed by atoms with Crippen LogP contribution in [0, 0.1) is 24.2 Å². The quantitative estimate of drug-likeness (QED) is 0.627. The number of hydrogen-bond donors (Lipinski definition) is 1. The average Bonchev–Trinajstić information content (AvgIpc) is 2.25. The molecule has 0 aromatic heterocycles. The minimum Gasteiger partial charge on any atom is -0.323 e. The fraction of sp³-hybridized carbons (Fsp3) is 0.267. The molecule has 1 N–H and O–H groups in total. The molecule has 0 aliphatic rings. The molecule has 1 aromatic rings. The van der Waals surface area contributed by atoms with E-state index in [4.69, 9.17) is 6.42 Å². The highest BCUT2D eigenvalue weighted by Gasteiger charge is 2.13. The molecule has 3 nitrogen and oxygen atoms in total. The van der Waals surface area contributed by atoms with Crippen molar-refractivity contribution in [1.29, 1.82) is 0 Å². The standard InChI is InChI=1S/C15H16N2O/c1-5-6-7-13-8-10-14(11-9-13)16-15(18)12-17(2,3)4/h1,8-11H,12H2,2-4H3/p+1. The van der Waals surface area contributed by atoms with Crippen LogP contribution in [0.3, 0.4) is 0 Å². The molecule has 0 saturated carbocycles. The van der Waals surface area contributed by atoms with Gasteiger partial charge in [-0.2, -0.15) is 0 Å². The van der Waals surface area contributed by atoms with Crippen molar-refractivity contribution in [2.24, 2.45) is 0 Å². The van der Waals surface area contributed by atoms with Crippen LogP contribution < -0.4 is 5.32 Å². The van der Waals surface area contributed by atoms with Crippen molar-refractivity contribution in [2.75, 3.05) is 33.0 Å². The molecule has 0 bridgehead atoms. The van der Waals surface area contributed by atoms with E-state index in [1.807, 2.05) is 45.4 Å². The molecule has 0 heterocycles. The number of quaternary nitrogens is 1. The van der Waals surface area contributed by atoms with Crippen LogP contribution in [0.4, 0.5) is 5.69 Å². The first-order chi connectivity index (χ1) is 8.40. The van der Waals surface area contributed by atoms with E-state index in [1.165, 1.54) is 0 Å². The van der Waals surface area contributed by atoms with Gasteiger partial charge in [-0.3, -0.25) is 4.79 Å². The lowest BCUT2D eigenvalue weighted by Gasteiger charge is -2.22. The van der Waals surface area contributed by atoms with E-state index >= 15 is 0 Å². The third-order valence-corrected chi connectivity index (χ3v) is 2.07. The molecule has 0 aliphatic heterocycles. The first-order valence-electron chi connectivity index (χ1n) is 5.58. The molecule has 92 valence electrons. The summed E-state index contributed by atoms with van der Waals surface area (Å²) in [6.07, 6.45) is 5.05. The average molecular weight is 241 g/mol. The fourth-order valence-corrected chi connectivity index (χ4v) is 1.38.